The average molecular weight is 326 g/mol. The van der Waals surface area contributed by atoms with Crippen molar-refractivity contribution in [2.75, 3.05) is 18.4 Å². The van der Waals surface area contributed by atoms with Crippen molar-refractivity contribution < 1.29 is 9.32 Å². The fourth-order valence-electron chi connectivity index (χ4n) is 3.21. The molecule has 2 fully saturated rings. The number of aryl methyl sites for hydroxylation is 1. The molecule has 0 spiro atoms. The second kappa shape index (κ2) is 6.26. The van der Waals surface area contributed by atoms with Crippen molar-refractivity contribution in [3.8, 4) is 0 Å². The summed E-state index contributed by atoms with van der Waals surface area (Å²) in [5.74, 6) is 2.46. The Morgan fingerprint density at radius 1 is 1.38 bits per heavy atom. The van der Waals surface area contributed by atoms with Gasteiger partial charge in [0.2, 0.25) is 5.89 Å². The van der Waals surface area contributed by atoms with Gasteiger partial charge in [0.15, 0.2) is 5.82 Å². The smallest absolute Gasteiger partial charge is 0.321 e. The molecule has 6 nitrogen and oxygen atoms in total. The number of likely N-dealkylation sites (tertiary alicyclic amines) is 1. The number of hydrogen-bond acceptors (Lipinski definition) is 4. The van der Waals surface area contributed by atoms with Gasteiger partial charge in [-0.25, -0.2) is 4.79 Å². The highest BCUT2D eigenvalue weighted by molar-refractivity contribution is 5.89. The van der Waals surface area contributed by atoms with Gasteiger partial charge in [-0.1, -0.05) is 17.3 Å². The predicted octanol–water partition coefficient (Wildman–Crippen LogP) is 3.35. The highest BCUT2D eigenvalue weighted by Gasteiger charge is 2.31. The van der Waals surface area contributed by atoms with Crippen LogP contribution in [-0.4, -0.2) is 34.2 Å². The summed E-state index contributed by atoms with van der Waals surface area (Å²) in [6.45, 7) is 3.53. The third kappa shape index (κ3) is 3.42. The molecule has 6 heteroatoms. The van der Waals surface area contributed by atoms with Crippen molar-refractivity contribution in [1.82, 2.24) is 15.0 Å². The molecule has 1 aliphatic heterocycles. The molecule has 1 saturated carbocycles. The van der Waals surface area contributed by atoms with E-state index in [0.717, 1.165) is 61.7 Å². The Bertz CT molecular complexity index is 738. The molecule has 1 saturated heterocycles. The van der Waals surface area contributed by atoms with E-state index in [-0.39, 0.29) is 6.03 Å². The molecule has 24 heavy (non-hydrogen) atoms. The molecule has 2 amide bonds. The lowest BCUT2D eigenvalue weighted by molar-refractivity contribution is 0.220. The van der Waals surface area contributed by atoms with Crippen LogP contribution >= 0.6 is 0 Å². The van der Waals surface area contributed by atoms with Crippen LogP contribution in [0.15, 0.2) is 28.8 Å². The van der Waals surface area contributed by atoms with Crippen LogP contribution in [0.1, 0.15) is 42.5 Å². The van der Waals surface area contributed by atoms with E-state index in [0.29, 0.717) is 11.8 Å². The first-order valence-corrected chi connectivity index (χ1v) is 8.62. The van der Waals surface area contributed by atoms with Gasteiger partial charge in [-0.05, 0) is 49.8 Å². The molecular weight excluding hydrogens is 304 g/mol. The number of carbonyl (C=O) groups excluding carboxylic acids is 1. The van der Waals surface area contributed by atoms with E-state index in [9.17, 15) is 4.79 Å². The van der Waals surface area contributed by atoms with Gasteiger partial charge in [0, 0.05) is 31.1 Å². The van der Waals surface area contributed by atoms with Gasteiger partial charge >= 0.3 is 6.03 Å². The molecule has 1 unspecified atom stereocenters. The molecule has 1 aromatic heterocycles. The third-order valence-corrected chi connectivity index (χ3v) is 4.72. The molecule has 1 atom stereocenters. The number of rotatable bonds is 4. The van der Waals surface area contributed by atoms with Gasteiger partial charge in [-0.3, -0.25) is 0 Å². The molecule has 2 heterocycles. The summed E-state index contributed by atoms with van der Waals surface area (Å²) in [7, 11) is 0. The van der Waals surface area contributed by atoms with Crippen LogP contribution in [0.2, 0.25) is 0 Å². The minimum atomic E-state index is -0.0325. The van der Waals surface area contributed by atoms with Crippen molar-refractivity contribution in [2.24, 2.45) is 5.92 Å². The number of aromatic nitrogens is 2. The van der Waals surface area contributed by atoms with Crippen LogP contribution in [0.5, 0.6) is 0 Å². The molecule has 4 rings (SSSR count). The molecule has 1 aliphatic carbocycles. The SMILES string of the molecule is Cc1cccc(NC(=O)N2CCC(Cc3noc(C4CC4)n3)C2)c1. The van der Waals surface area contributed by atoms with Gasteiger partial charge in [0.1, 0.15) is 0 Å². The Morgan fingerprint density at radius 3 is 3.04 bits per heavy atom. The monoisotopic (exact) mass is 326 g/mol. The lowest BCUT2D eigenvalue weighted by Gasteiger charge is -2.17. The van der Waals surface area contributed by atoms with Crippen molar-refractivity contribution in [1.29, 1.82) is 0 Å². The van der Waals surface area contributed by atoms with Crippen molar-refractivity contribution in [2.45, 2.75) is 38.5 Å². The minimum absolute atomic E-state index is 0.0325. The van der Waals surface area contributed by atoms with Crippen LogP contribution in [0, 0.1) is 12.8 Å². The maximum atomic E-state index is 12.4. The number of amides is 2. The summed E-state index contributed by atoms with van der Waals surface area (Å²) in [4.78, 5) is 18.7. The van der Waals surface area contributed by atoms with Crippen LogP contribution in [-0.2, 0) is 6.42 Å². The zero-order valence-electron chi connectivity index (χ0n) is 13.9. The van der Waals surface area contributed by atoms with Crippen molar-refractivity contribution >= 4 is 11.7 Å². The van der Waals surface area contributed by atoms with Gasteiger partial charge < -0.3 is 14.7 Å². The molecule has 1 N–H and O–H groups in total. The maximum absolute atomic E-state index is 12.4. The Kier molecular flexibility index (Phi) is 3.96. The first-order chi connectivity index (χ1) is 11.7. The number of nitrogens with zero attached hydrogens (tertiary/aromatic N) is 3. The van der Waals surface area contributed by atoms with E-state index in [4.69, 9.17) is 4.52 Å². The largest absolute Gasteiger partial charge is 0.339 e. The number of benzene rings is 1. The molecule has 2 aliphatic rings. The van der Waals surface area contributed by atoms with E-state index < -0.39 is 0 Å². The fraction of sp³-hybridized carbons (Fsp3) is 0.500. The van der Waals surface area contributed by atoms with Crippen LogP contribution in [0.3, 0.4) is 0 Å². The Morgan fingerprint density at radius 2 is 2.25 bits per heavy atom. The summed E-state index contributed by atoms with van der Waals surface area (Å²) >= 11 is 0. The summed E-state index contributed by atoms with van der Waals surface area (Å²) in [6, 6.07) is 7.82. The number of urea groups is 1. The number of hydrogen-bond donors (Lipinski definition) is 1. The van der Waals surface area contributed by atoms with E-state index in [1.165, 1.54) is 0 Å². The van der Waals surface area contributed by atoms with Crippen molar-refractivity contribution in [3.05, 3.63) is 41.5 Å². The topological polar surface area (TPSA) is 71.3 Å². The molecule has 1 aromatic carbocycles. The Balaban J connectivity index is 1.31. The fourth-order valence-corrected chi connectivity index (χ4v) is 3.21. The maximum Gasteiger partial charge on any atom is 0.321 e. The van der Waals surface area contributed by atoms with E-state index >= 15 is 0 Å². The molecular formula is C18H22N4O2. The predicted molar refractivity (Wildman–Crippen MR) is 89.9 cm³/mol. The van der Waals surface area contributed by atoms with E-state index in [2.05, 4.69) is 15.5 Å². The first-order valence-electron chi connectivity index (χ1n) is 8.62. The summed E-state index contributed by atoms with van der Waals surface area (Å²) in [6.07, 6.45) is 4.09. The second-order valence-corrected chi connectivity index (χ2v) is 6.93. The number of carbonyl (C=O) groups is 1. The summed E-state index contributed by atoms with van der Waals surface area (Å²) in [5, 5.41) is 7.06. The Labute approximate surface area is 141 Å². The zero-order chi connectivity index (χ0) is 16.5. The highest BCUT2D eigenvalue weighted by atomic mass is 16.5. The van der Waals surface area contributed by atoms with Crippen LogP contribution in [0.4, 0.5) is 10.5 Å². The normalized spacial score (nSPS) is 20.4. The number of anilines is 1. The van der Waals surface area contributed by atoms with Crippen LogP contribution < -0.4 is 5.32 Å². The van der Waals surface area contributed by atoms with Gasteiger partial charge in [0.25, 0.3) is 0 Å². The average Bonchev–Trinajstić information content (AvgIpc) is 3.12. The first kappa shape index (κ1) is 15.2. The van der Waals surface area contributed by atoms with Crippen molar-refractivity contribution in [3.63, 3.8) is 0 Å². The highest BCUT2D eigenvalue weighted by Crippen LogP contribution is 2.39. The zero-order valence-corrected chi connectivity index (χ0v) is 13.9. The van der Waals surface area contributed by atoms with Gasteiger partial charge in [-0.2, -0.15) is 4.98 Å². The van der Waals surface area contributed by atoms with E-state index in [1.54, 1.807) is 0 Å². The quantitative estimate of drug-likeness (QED) is 0.935. The molecule has 0 radical (unpaired) electrons. The molecule has 2 aromatic rings. The lowest BCUT2D eigenvalue weighted by Crippen LogP contribution is -2.33. The van der Waals surface area contributed by atoms with Gasteiger partial charge in [0.05, 0.1) is 0 Å². The Hall–Kier alpha value is -2.37. The summed E-state index contributed by atoms with van der Waals surface area (Å²) < 4.78 is 5.31. The van der Waals surface area contributed by atoms with E-state index in [1.807, 2.05) is 36.1 Å². The van der Waals surface area contributed by atoms with Gasteiger partial charge in [-0.15, -0.1) is 0 Å². The lowest BCUT2D eigenvalue weighted by atomic mass is 10.1. The number of nitrogens with one attached hydrogen (secondary N) is 1. The second-order valence-electron chi connectivity index (χ2n) is 6.93. The molecule has 0 bridgehead atoms. The van der Waals surface area contributed by atoms with Crippen LogP contribution in [0.25, 0.3) is 0 Å². The third-order valence-electron chi connectivity index (χ3n) is 4.72. The molecule has 126 valence electrons. The minimum Gasteiger partial charge on any atom is -0.339 e. The standard InChI is InChI=1S/C18H22N4O2/c1-12-3-2-4-15(9-12)19-18(23)22-8-7-13(11-22)10-16-20-17(24-21-16)14-5-6-14/h2-4,9,13-14H,5-8,10-11H2,1H3,(H,19,23). The summed E-state index contributed by atoms with van der Waals surface area (Å²) in [5.41, 5.74) is 1.98.